The lowest BCUT2D eigenvalue weighted by atomic mass is 9.94. The molecule has 2 aliphatic heterocycles. The first-order chi connectivity index (χ1) is 15.6. The summed E-state index contributed by atoms with van der Waals surface area (Å²) in [5, 5.41) is 0.165. The Bertz CT molecular complexity index is 981. The van der Waals surface area contributed by atoms with Crippen molar-refractivity contribution < 1.29 is 14.0 Å². The fourth-order valence-electron chi connectivity index (χ4n) is 4.66. The topological polar surface area (TPSA) is 38.8 Å². The highest BCUT2D eigenvalue weighted by Gasteiger charge is 2.48. The summed E-state index contributed by atoms with van der Waals surface area (Å²) in [5.41, 5.74) is 3.59. The van der Waals surface area contributed by atoms with Gasteiger partial charge in [0, 0.05) is 6.10 Å². The Kier molecular flexibility index (Phi) is 6.82. The number of ether oxygens (including phenoxy) is 1. The zero-order valence-corrected chi connectivity index (χ0v) is 21.6. The van der Waals surface area contributed by atoms with Gasteiger partial charge in [0.15, 0.2) is 8.32 Å². The summed E-state index contributed by atoms with van der Waals surface area (Å²) in [6, 6.07) is 20.4. The number of piperidine rings is 1. The predicted molar refractivity (Wildman–Crippen MR) is 136 cm³/mol. The van der Waals surface area contributed by atoms with Crippen LogP contribution in [0.15, 0.2) is 72.3 Å². The van der Waals surface area contributed by atoms with Crippen LogP contribution in [-0.2, 0) is 22.2 Å². The lowest BCUT2D eigenvalue weighted by Crippen LogP contribution is -2.53. The summed E-state index contributed by atoms with van der Waals surface area (Å²) in [5.74, 6) is 0. The van der Waals surface area contributed by atoms with E-state index in [0.29, 0.717) is 6.61 Å². The van der Waals surface area contributed by atoms with Gasteiger partial charge in [0.05, 0.1) is 12.1 Å². The molecule has 5 heteroatoms. The van der Waals surface area contributed by atoms with E-state index in [0.717, 1.165) is 24.8 Å². The molecule has 1 fully saturated rings. The second-order valence-corrected chi connectivity index (χ2v) is 15.7. The van der Waals surface area contributed by atoms with Crippen LogP contribution in [0.5, 0.6) is 0 Å². The third kappa shape index (κ3) is 5.41. The molecule has 0 saturated carbocycles. The minimum atomic E-state index is -1.89. The zero-order chi connectivity index (χ0) is 23.6. The summed E-state index contributed by atoms with van der Waals surface area (Å²) in [6.07, 6.45) is 4.78. The van der Waals surface area contributed by atoms with Gasteiger partial charge in [-0.15, -0.1) is 0 Å². The van der Waals surface area contributed by atoms with E-state index < -0.39 is 8.32 Å². The lowest BCUT2D eigenvalue weighted by Gasteiger charge is -2.44. The average molecular weight is 464 g/mol. The molecule has 4 nitrogen and oxygen atoms in total. The number of rotatable bonds is 6. The third-order valence-corrected chi connectivity index (χ3v) is 12.0. The molecule has 4 rings (SSSR count). The largest absolute Gasteiger partial charge is 0.445 e. The summed E-state index contributed by atoms with van der Waals surface area (Å²) in [7, 11) is -1.89. The fourth-order valence-corrected chi connectivity index (χ4v) is 6.04. The van der Waals surface area contributed by atoms with Gasteiger partial charge in [-0.2, -0.15) is 0 Å². The van der Waals surface area contributed by atoms with Gasteiger partial charge < -0.3 is 9.16 Å². The Labute approximate surface area is 199 Å². The molecular formula is C28H37NO3Si. The van der Waals surface area contributed by atoms with Crippen LogP contribution < -0.4 is 0 Å². The SMILES string of the molecule is CC(C)(C)[Si](C)(C)O[C@H]1C[C@H]2C=C(Cc3ccccc3)[C@@H](C1)N2C(=O)OCc1ccccc1. The molecule has 0 radical (unpaired) electrons. The smallest absolute Gasteiger partial charge is 0.411 e. The minimum absolute atomic E-state index is 0.0282. The number of fused-ring (bicyclic) bond motifs is 2. The summed E-state index contributed by atoms with van der Waals surface area (Å²) in [4.78, 5) is 15.2. The normalized spacial score (nSPS) is 22.8. The van der Waals surface area contributed by atoms with E-state index in [9.17, 15) is 4.79 Å². The molecule has 0 N–H and O–H groups in total. The first-order valence-corrected chi connectivity index (χ1v) is 15.0. The summed E-state index contributed by atoms with van der Waals surface area (Å²) >= 11 is 0. The van der Waals surface area contributed by atoms with Crippen LogP contribution in [0.25, 0.3) is 0 Å². The Morgan fingerprint density at radius 3 is 2.18 bits per heavy atom. The Hall–Kier alpha value is -2.37. The van der Waals surface area contributed by atoms with Gasteiger partial charge in [-0.3, -0.25) is 4.90 Å². The molecule has 0 aromatic heterocycles. The molecule has 2 aliphatic rings. The van der Waals surface area contributed by atoms with Crippen molar-refractivity contribution in [1.29, 1.82) is 0 Å². The fraction of sp³-hybridized carbons (Fsp3) is 0.464. The first kappa shape index (κ1) is 23.8. The molecule has 1 saturated heterocycles. The number of hydrogen-bond donors (Lipinski definition) is 0. The number of carbonyl (C=O) groups excluding carboxylic acids is 1. The van der Waals surface area contributed by atoms with Crippen LogP contribution in [-0.4, -0.2) is 37.5 Å². The van der Waals surface area contributed by atoms with E-state index in [1.807, 2.05) is 41.3 Å². The van der Waals surface area contributed by atoms with Gasteiger partial charge >= 0.3 is 6.09 Å². The molecule has 2 aromatic carbocycles. The molecule has 3 atom stereocenters. The van der Waals surface area contributed by atoms with E-state index in [1.54, 1.807) is 0 Å². The van der Waals surface area contributed by atoms with Crippen molar-refractivity contribution in [2.45, 2.75) is 83.0 Å². The van der Waals surface area contributed by atoms with Crippen molar-refractivity contribution in [1.82, 2.24) is 4.90 Å². The molecule has 1 amide bonds. The Morgan fingerprint density at radius 1 is 0.970 bits per heavy atom. The van der Waals surface area contributed by atoms with Crippen molar-refractivity contribution in [3.63, 3.8) is 0 Å². The van der Waals surface area contributed by atoms with Crippen LogP contribution in [0, 0.1) is 0 Å². The number of amides is 1. The van der Waals surface area contributed by atoms with Crippen LogP contribution in [0.2, 0.25) is 18.1 Å². The molecular weight excluding hydrogens is 426 g/mol. The van der Waals surface area contributed by atoms with Crippen molar-refractivity contribution in [2.24, 2.45) is 0 Å². The average Bonchev–Trinajstić information content (AvgIpc) is 2.99. The third-order valence-electron chi connectivity index (χ3n) is 7.45. The maximum absolute atomic E-state index is 13.2. The Morgan fingerprint density at radius 2 is 1.58 bits per heavy atom. The monoisotopic (exact) mass is 463 g/mol. The van der Waals surface area contributed by atoms with Gasteiger partial charge in [0.2, 0.25) is 0 Å². The van der Waals surface area contributed by atoms with Gasteiger partial charge in [0.25, 0.3) is 0 Å². The van der Waals surface area contributed by atoms with Gasteiger partial charge in [-0.05, 0) is 54.1 Å². The molecule has 2 heterocycles. The van der Waals surface area contributed by atoms with E-state index >= 15 is 0 Å². The quantitative estimate of drug-likeness (QED) is 0.352. The number of hydrogen-bond acceptors (Lipinski definition) is 3. The summed E-state index contributed by atoms with van der Waals surface area (Å²) in [6.45, 7) is 11.8. The van der Waals surface area contributed by atoms with E-state index in [1.165, 1.54) is 11.1 Å². The van der Waals surface area contributed by atoms with Crippen LogP contribution in [0.4, 0.5) is 4.79 Å². The van der Waals surface area contributed by atoms with Crippen molar-refractivity contribution >= 4 is 14.4 Å². The second kappa shape index (κ2) is 9.47. The number of benzene rings is 2. The number of nitrogens with zero attached hydrogens (tertiary/aromatic N) is 1. The van der Waals surface area contributed by atoms with E-state index in [-0.39, 0.29) is 29.3 Å². The minimum Gasteiger partial charge on any atom is -0.445 e. The lowest BCUT2D eigenvalue weighted by molar-refractivity contribution is 0.0305. The highest BCUT2D eigenvalue weighted by molar-refractivity contribution is 6.74. The van der Waals surface area contributed by atoms with Crippen LogP contribution >= 0.6 is 0 Å². The second-order valence-electron chi connectivity index (χ2n) is 10.9. The first-order valence-electron chi connectivity index (χ1n) is 12.1. The highest BCUT2D eigenvalue weighted by Crippen LogP contribution is 2.43. The van der Waals surface area contributed by atoms with E-state index in [4.69, 9.17) is 9.16 Å². The predicted octanol–water partition coefficient (Wildman–Crippen LogP) is 6.73. The molecule has 2 aromatic rings. The van der Waals surface area contributed by atoms with Crippen LogP contribution in [0.1, 0.15) is 44.7 Å². The highest BCUT2D eigenvalue weighted by atomic mass is 28.4. The summed E-state index contributed by atoms with van der Waals surface area (Å²) < 4.78 is 12.6. The molecule has 0 aliphatic carbocycles. The van der Waals surface area contributed by atoms with Crippen molar-refractivity contribution in [2.75, 3.05) is 0 Å². The van der Waals surface area contributed by atoms with Gasteiger partial charge in [-0.25, -0.2) is 4.79 Å². The van der Waals surface area contributed by atoms with Crippen LogP contribution in [0.3, 0.4) is 0 Å². The van der Waals surface area contributed by atoms with Crippen molar-refractivity contribution in [3.8, 4) is 0 Å². The maximum Gasteiger partial charge on any atom is 0.411 e. The zero-order valence-electron chi connectivity index (χ0n) is 20.6. The Balaban J connectivity index is 1.50. The standard InChI is InChI=1S/C28H37NO3Si/c1-28(2,3)33(4,5)32-25-18-24-17-23(16-21-12-8-6-9-13-21)26(19-25)29(24)27(30)31-20-22-14-10-7-11-15-22/h6-15,17,24-26H,16,18-20H2,1-5H3/t24-,25+,26-/m1/s1. The molecule has 2 bridgehead atoms. The molecule has 176 valence electrons. The van der Waals surface area contributed by atoms with Gasteiger partial charge in [-0.1, -0.05) is 87.5 Å². The van der Waals surface area contributed by atoms with Gasteiger partial charge in [0.1, 0.15) is 6.61 Å². The molecule has 0 unspecified atom stereocenters. The van der Waals surface area contributed by atoms with Crippen molar-refractivity contribution in [3.05, 3.63) is 83.4 Å². The maximum atomic E-state index is 13.2. The molecule has 33 heavy (non-hydrogen) atoms. The molecule has 0 spiro atoms. The van der Waals surface area contributed by atoms with E-state index in [2.05, 4.69) is 64.2 Å². The number of carbonyl (C=O) groups is 1.